The number of pyridine rings is 2. The fourth-order valence-electron chi connectivity index (χ4n) is 4.06. The molecule has 2 aromatic heterocycles. The van der Waals surface area contributed by atoms with E-state index in [4.69, 9.17) is 24.9 Å². The number of nitrogens with two attached hydrogens (primary N) is 1. The molecule has 0 unspecified atom stereocenters. The van der Waals surface area contributed by atoms with Crippen molar-refractivity contribution in [1.29, 1.82) is 0 Å². The van der Waals surface area contributed by atoms with Crippen LogP contribution in [-0.2, 0) is 10.3 Å². The SMILES string of the molecule is CC(C)(C)COc1cc2c(cn1)Oc1ccc(-c3cccnc3F)cc1[C@@]21COCC(N)=N1. The topological polar surface area (TPSA) is 91.8 Å². The van der Waals surface area contributed by atoms with Gasteiger partial charge < -0.3 is 19.9 Å². The summed E-state index contributed by atoms with van der Waals surface area (Å²) >= 11 is 0. The molecule has 5 rings (SSSR count). The Hall–Kier alpha value is -3.52. The highest BCUT2D eigenvalue weighted by molar-refractivity contribution is 5.84. The monoisotopic (exact) mass is 448 g/mol. The molecule has 0 amide bonds. The number of aliphatic imine (C=N–C) groups is 1. The molecule has 4 heterocycles. The van der Waals surface area contributed by atoms with Gasteiger partial charge in [0.05, 0.1) is 19.4 Å². The molecule has 8 heteroatoms. The molecule has 1 atom stereocenters. The van der Waals surface area contributed by atoms with Crippen LogP contribution >= 0.6 is 0 Å². The molecule has 1 spiro atoms. The lowest BCUT2D eigenvalue weighted by Gasteiger charge is -2.39. The van der Waals surface area contributed by atoms with Gasteiger partial charge in [0.15, 0.2) is 5.75 Å². The van der Waals surface area contributed by atoms with Crippen LogP contribution in [-0.4, -0.2) is 35.6 Å². The Morgan fingerprint density at radius 3 is 2.70 bits per heavy atom. The van der Waals surface area contributed by atoms with Crippen LogP contribution in [0.5, 0.6) is 17.4 Å². The first-order chi connectivity index (χ1) is 15.7. The molecule has 1 aromatic carbocycles. The molecule has 3 aromatic rings. The minimum absolute atomic E-state index is 0.0302. The fraction of sp³-hybridized carbons (Fsp3) is 0.320. The van der Waals surface area contributed by atoms with Crippen LogP contribution in [0.15, 0.2) is 53.8 Å². The molecule has 0 saturated heterocycles. The zero-order valence-corrected chi connectivity index (χ0v) is 18.8. The maximum absolute atomic E-state index is 14.4. The van der Waals surface area contributed by atoms with Crippen LogP contribution in [0.25, 0.3) is 11.1 Å². The van der Waals surface area contributed by atoms with Gasteiger partial charge in [-0.25, -0.2) is 9.97 Å². The van der Waals surface area contributed by atoms with E-state index in [0.717, 1.165) is 11.1 Å². The first-order valence-corrected chi connectivity index (χ1v) is 10.7. The summed E-state index contributed by atoms with van der Waals surface area (Å²) < 4.78 is 32.4. The van der Waals surface area contributed by atoms with Crippen molar-refractivity contribution in [3.8, 4) is 28.5 Å². The average molecular weight is 448 g/mol. The first kappa shape index (κ1) is 21.3. The van der Waals surface area contributed by atoms with E-state index in [0.29, 0.717) is 40.9 Å². The summed E-state index contributed by atoms with van der Waals surface area (Å²) in [6.45, 7) is 7.25. The van der Waals surface area contributed by atoms with Crippen molar-refractivity contribution in [3.05, 3.63) is 65.9 Å². The summed E-state index contributed by atoms with van der Waals surface area (Å²) in [5.74, 6) is 1.42. The molecule has 0 aliphatic carbocycles. The van der Waals surface area contributed by atoms with Crippen molar-refractivity contribution < 1.29 is 18.6 Å². The van der Waals surface area contributed by atoms with Crippen molar-refractivity contribution in [1.82, 2.24) is 9.97 Å². The lowest BCUT2D eigenvalue weighted by atomic mass is 9.80. The minimum Gasteiger partial charge on any atom is -0.477 e. The van der Waals surface area contributed by atoms with Crippen LogP contribution < -0.4 is 15.2 Å². The number of benzene rings is 1. The first-order valence-electron chi connectivity index (χ1n) is 10.7. The minimum atomic E-state index is -0.970. The fourth-order valence-corrected chi connectivity index (χ4v) is 4.06. The van der Waals surface area contributed by atoms with E-state index in [9.17, 15) is 4.39 Å². The van der Waals surface area contributed by atoms with Crippen LogP contribution in [0.3, 0.4) is 0 Å². The molecule has 0 fully saturated rings. The van der Waals surface area contributed by atoms with Gasteiger partial charge >= 0.3 is 0 Å². The quantitative estimate of drug-likeness (QED) is 0.596. The summed E-state index contributed by atoms with van der Waals surface area (Å²) in [6, 6.07) is 10.7. The lowest BCUT2D eigenvalue weighted by Crippen LogP contribution is -2.42. The standard InChI is InChI=1S/C25H25FN4O3/c1-24(2,3)13-32-22-10-18-20(11-29-22)33-19-7-6-15(16-5-4-8-28-23(16)26)9-17(19)25(18)14-31-12-21(27)30-25/h4-11H,12-14H2,1-3H3,(H2,27,30)/t25-/m0/s1. The smallest absolute Gasteiger partial charge is 0.220 e. The van der Waals surface area contributed by atoms with Crippen LogP contribution in [0.4, 0.5) is 4.39 Å². The molecule has 33 heavy (non-hydrogen) atoms. The number of rotatable bonds is 3. The summed E-state index contributed by atoms with van der Waals surface area (Å²) in [7, 11) is 0. The van der Waals surface area contributed by atoms with Crippen molar-refractivity contribution in [3.63, 3.8) is 0 Å². The highest BCUT2D eigenvalue weighted by atomic mass is 19.1. The van der Waals surface area contributed by atoms with Gasteiger partial charge in [0.1, 0.15) is 23.7 Å². The highest BCUT2D eigenvalue weighted by Crippen LogP contribution is 2.51. The van der Waals surface area contributed by atoms with Gasteiger partial charge in [-0.3, -0.25) is 4.99 Å². The van der Waals surface area contributed by atoms with Gasteiger partial charge in [-0.2, -0.15) is 4.39 Å². The number of amidine groups is 1. The Kier molecular flexibility index (Phi) is 5.05. The number of aromatic nitrogens is 2. The van der Waals surface area contributed by atoms with Gasteiger partial charge in [0.2, 0.25) is 11.8 Å². The third-order valence-corrected chi connectivity index (χ3v) is 5.55. The van der Waals surface area contributed by atoms with Crippen molar-refractivity contribution in [2.75, 3.05) is 19.8 Å². The van der Waals surface area contributed by atoms with E-state index in [1.54, 1.807) is 30.5 Å². The molecule has 0 saturated carbocycles. The summed E-state index contributed by atoms with van der Waals surface area (Å²) in [6.07, 6.45) is 3.05. The largest absolute Gasteiger partial charge is 0.477 e. The molecule has 7 nitrogen and oxygen atoms in total. The summed E-state index contributed by atoms with van der Waals surface area (Å²) in [4.78, 5) is 13.1. The molecular weight excluding hydrogens is 423 g/mol. The number of hydrogen-bond donors (Lipinski definition) is 1. The summed E-state index contributed by atoms with van der Waals surface area (Å²) in [5.41, 5.74) is 7.66. The van der Waals surface area contributed by atoms with Gasteiger partial charge in [0.25, 0.3) is 0 Å². The van der Waals surface area contributed by atoms with E-state index >= 15 is 0 Å². The average Bonchev–Trinajstić information content (AvgIpc) is 2.78. The maximum atomic E-state index is 14.4. The van der Waals surface area contributed by atoms with E-state index in [-0.39, 0.29) is 18.6 Å². The van der Waals surface area contributed by atoms with Gasteiger partial charge in [0, 0.05) is 29.0 Å². The Morgan fingerprint density at radius 1 is 1.12 bits per heavy atom. The molecular formula is C25H25FN4O3. The Bertz CT molecular complexity index is 1250. The van der Waals surface area contributed by atoms with Gasteiger partial charge in [-0.05, 0) is 35.2 Å². The number of nitrogens with zero attached hydrogens (tertiary/aromatic N) is 3. The zero-order chi connectivity index (χ0) is 23.2. The van der Waals surface area contributed by atoms with Gasteiger partial charge in [-0.15, -0.1) is 0 Å². The maximum Gasteiger partial charge on any atom is 0.220 e. The van der Waals surface area contributed by atoms with E-state index in [1.807, 2.05) is 12.1 Å². The normalized spacial score (nSPS) is 19.3. The lowest BCUT2D eigenvalue weighted by molar-refractivity contribution is 0.109. The second-order valence-corrected chi connectivity index (χ2v) is 9.48. The Morgan fingerprint density at radius 2 is 1.94 bits per heavy atom. The van der Waals surface area contributed by atoms with Crippen LogP contribution in [0, 0.1) is 11.4 Å². The summed E-state index contributed by atoms with van der Waals surface area (Å²) in [5, 5.41) is 0. The zero-order valence-electron chi connectivity index (χ0n) is 18.8. The van der Waals surface area contributed by atoms with E-state index in [1.165, 1.54) is 6.20 Å². The van der Waals surface area contributed by atoms with Crippen LogP contribution in [0.1, 0.15) is 31.9 Å². The predicted octanol–water partition coefficient (Wildman–Crippen LogP) is 4.44. The molecule has 2 aliphatic heterocycles. The Labute approximate surface area is 191 Å². The number of ether oxygens (including phenoxy) is 3. The third-order valence-electron chi connectivity index (χ3n) is 5.55. The number of fused-ring (bicyclic) bond motifs is 4. The molecule has 0 radical (unpaired) electrons. The second kappa shape index (κ2) is 7.81. The number of hydrogen-bond acceptors (Lipinski definition) is 7. The predicted molar refractivity (Wildman–Crippen MR) is 122 cm³/mol. The highest BCUT2D eigenvalue weighted by Gasteiger charge is 2.45. The van der Waals surface area contributed by atoms with Crippen LogP contribution in [0.2, 0.25) is 0 Å². The van der Waals surface area contributed by atoms with Crippen molar-refractivity contribution in [2.24, 2.45) is 16.1 Å². The van der Waals surface area contributed by atoms with E-state index in [2.05, 4.69) is 30.7 Å². The van der Waals surface area contributed by atoms with Crippen molar-refractivity contribution in [2.45, 2.75) is 26.3 Å². The van der Waals surface area contributed by atoms with E-state index < -0.39 is 11.5 Å². The molecule has 2 N–H and O–H groups in total. The van der Waals surface area contributed by atoms with Gasteiger partial charge in [-0.1, -0.05) is 26.8 Å². The molecule has 2 aliphatic rings. The third kappa shape index (κ3) is 3.91. The second-order valence-electron chi connectivity index (χ2n) is 9.48. The van der Waals surface area contributed by atoms with Crippen molar-refractivity contribution >= 4 is 5.84 Å². The number of halogens is 1. The molecule has 170 valence electrons. The molecule has 0 bridgehead atoms. The Balaban J connectivity index is 1.66.